The van der Waals surface area contributed by atoms with Gasteiger partial charge in [-0.25, -0.2) is 0 Å². The quantitative estimate of drug-likeness (QED) is 0.581. The molecule has 4 nitrogen and oxygen atoms in total. The largest absolute Gasteiger partial charge is 0.374 e. The van der Waals surface area contributed by atoms with Crippen LogP contribution in [0.2, 0.25) is 0 Å². The Morgan fingerprint density at radius 1 is 1.22 bits per heavy atom. The third-order valence-electron chi connectivity index (χ3n) is 2.84. The van der Waals surface area contributed by atoms with E-state index < -0.39 is 6.23 Å². The first kappa shape index (κ1) is 12.8. The molecule has 2 rings (SSSR count). The van der Waals surface area contributed by atoms with Gasteiger partial charge in [-0.3, -0.25) is 5.32 Å². The lowest BCUT2D eigenvalue weighted by molar-refractivity contribution is 0.138. The molecule has 0 spiro atoms. The molecule has 1 heterocycles. The molecule has 0 aliphatic heterocycles. The summed E-state index contributed by atoms with van der Waals surface area (Å²) < 4.78 is 4.67. The van der Waals surface area contributed by atoms with Crippen LogP contribution in [0.15, 0.2) is 47.3 Å². The number of aromatic nitrogens is 1. The molecule has 0 amide bonds. The Morgan fingerprint density at radius 3 is 2.78 bits per heavy atom. The van der Waals surface area contributed by atoms with E-state index in [2.05, 4.69) is 39.3 Å². The predicted molar refractivity (Wildman–Crippen MR) is 68.8 cm³/mol. The Balaban J connectivity index is 1.59. The highest BCUT2D eigenvalue weighted by Gasteiger charge is 2.07. The van der Waals surface area contributed by atoms with E-state index in [1.54, 1.807) is 0 Å². The number of rotatable bonds is 7. The number of aliphatic hydroxyl groups excluding tert-OH is 1. The highest BCUT2D eigenvalue weighted by Crippen LogP contribution is 2.08. The highest BCUT2D eigenvalue weighted by atomic mass is 16.5. The van der Waals surface area contributed by atoms with E-state index >= 15 is 0 Å². The predicted octanol–water partition coefficient (Wildman–Crippen LogP) is 2.28. The maximum absolute atomic E-state index is 9.71. The molecular formula is C14H18N2O2. The fourth-order valence-electron chi connectivity index (χ4n) is 1.80. The van der Waals surface area contributed by atoms with Crippen molar-refractivity contribution in [1.29, 1.82) is 0 Å². The van der Waals surface area contributed by atoms with Crippen molar-refractivity contribution in [3.8, 4) is 0 Å². The number of hydrogen-bond acceptors (Lipinski definition) is 4. The van der Waals surface area contributed by atoms with Crippen molar-refractivity contribution in [3.63, 3.8) is 0 Å². The number of aryl methyl sites for hydroxylation is 1. The summed E-state index contributed by atoms with van der Waals surface area (Å²) in [5.41, 5.74) is 2.02. The summed E-state index contributed by atoms with van der Waals surface area (Å²) in [5, 5.41) is 16.3. The zero-order valence-corrected chi connectivity index (χ0v) is 10.2. The van der Waals surface area contributed by atoms with Crippen molar-refractivity contribution in [3.05, 3.63) is 53.9 Å². The normalized spacial score (nSPS) is 12.5. The number of unbranched alkanes of at least 4 members (excludes halogenated alkanes) is 1. The van der Waals surface area contributed by atoms with Gasteiger partial charge >= 0.3 is 0 Å². The van der Waals surface area contributed by atoms with Gasteiger partial charge in [0.05, 0.1) is 11.8 Å². The summed E-state index contributed by atoms with van der Waals surface area (Å²) in [7, 11) is 0. The molecule has 2 aromatic rings. The van der Waals surface area contributed by atoms with Crippen molar-refractivity contribution < 1.29 is 9.63 Å². The molecule has 18 heavy (non-hydrogen) atoms. The van der Waals surface area contributed by atoms with E-state index in [1.165, 1.54) is 18.0 Å². The molecule has 0 fully saturated rings. The molecule has 1 unspecified atom stereocenters. The molecule has 0 aliphatic rings. The molecule has 1 aromatic heterocycles. The van der Waals surface area contributed by atoms with Gasteiger partial charge in [-0.15, -0.1) is 0 Å². The zero-order chi connectivity index (χ0) is 12.6. The second-order valence-electron chi connectivity index (χ2n) is 4.26. The van der Waals surface area contributed by atoms with E-state index in [1.807, 2.05) is 6.07 Å². The first-order chi connectivity index (χ1) is 8.86. The van der Waals surface area contributed by atoms with E-state index in [-0.39, 0.29) is 0 Å². The summed E-state index contributed by atoms with van der Waals surface area (Å²) in [6, 6.07) is 10.4. The van der Waals surface area contributed by atoms with Crippen LogP contribution in [-0.4, -0.2) is 16.8 Å². The molecular weight excluding hydrogens is 228 g/mol. The van der Waals surface area contributed by atoms with Gasteiger partial charge in [0.15, 0.2) is 0 Å². The van der Waals surface area contributed by atoms with Gasteiger partial charge in [-0.1, -0.05) is 35.5 Å². The molecule has 0 aliphatic carbocycles. The van der Waals surface area contributed by atoms with E-state index in [4.69, 9.17) is 0 Å². The lowest BCUT2D eigenvalue weighted by atomic mass is 10.1. The van der Waals surface area contributed by atoms with Gasteiger partial charge in [0, 0.05) is 0 Å². The number of nitrogens with zero attached hydrogens (tertiary/aromatic N) is 1. The summed E-state index contributed by atoms with van der Waals surface area (Å²) in [6.45, 7) is 0.777. The minimum absolute atomic E-state index is 0.665. The molecule has 1 atom stereocenters. The zero-order valence-electron chi connectivity index (χ0n) is 10.2. The van der Waals surface area contributed by atoms with Gasteiger partial charge in [-0.2, -0.15) is 0 Å². The molecule has 0 saturated carbocycles. The van der Waals surface area contributed by atoms with Crippen molar-refractivity contribution in [2.75, 3.05) is 6.54 Å². The average Bonchev–Trinajstić information content (AvgIpc) is 2.93. The number of aliphatic hydroxyl groups is 1. The third-order valence-corrected chi connectivity index (χ3v) is 2.84. The van der Waals surface area contributed by atoms with Gasteiger partial charge < -0.3 is 9.63 Å². The van der Waals surface area contributed by atoms with Crippen LogP contribution >= 0.6 is 0 Å². The fraction of sp³-hybridized carbons (Fsp3) is 0.357. The Morgan fingerprint density at radius 2 is 2.06 bits per heavy atom. The monoisotopic (exact) mass is 246 g/mol. The molecule has 2 N–H and O–H groups in total. The minimum atomic E-state index is -0.687. The smallest absolute Gasteiger partial charge is 0.135 e. The number of nitrogens with one attached hydrogen (secondary N) is 1. The van der Waals surface area contributed by atoms with E-state index in [9.17, 15) is 5.11 Å². The van der Waals surface area contributed by atoms with Crippen LogP contribution in [0.3, 0.4) is 0 Å². The summed E-state index contributed by atoms with van der Waals surface area (Å²) in [6.07, 6.45) is 5.48. The molecule has 0 radical (unpaired) electrons. The van der Waals surface area contributed by atoms with Crippen molar-refractivity contribution in [1.82, 2.24) is 10.5 Å². The van der Waals surface area contributed by atoms with Crippen LogP contribution < -0.4 is 5.32 Å². The minimum Gasteiger partial charge on any atom is -0.374 e. The Labute approximate surface area is 107 Å². The number of benzene rings is 1. The summed E-state index contributed by atoms with van der Waals surface area (Å²) >= 11 is 0. The van der Waals surface area contributed by atoms with E-state index in [0.29, 0.717) is 5.56 Å². The van der Waals surface area contributed by atoms with Crippen LogP contribution in [-0.2, 0) is 6.42 Å². The van der Waals surface area contributed by atoms with Crippen LogP contribution in [0.4, 0.5) is 0 Å². The Bertz CT molecular complexity index is 428. The SMILES string of the molecule is OC(NCCCCc1ccccc1)c1cnoc1. The fourth-order valence-corrected chi connectivity index (χ4v) is 1.80. The summed E-state index contributed by atoms with van der Waals surface area (Å²) in [5.74, 6) is 0. The maximum Gasteiger partial charge on any atom is 0.135 e. The van der Waals surface area contributed by atoms with Crippen LogP contribution in [0.25, 0.3) is 0 Å². The van der Waals surface area contributed by atoms with Crippen LogP contribution in [0.5, 0.6) is 0 Å². The van der Waals surface area contributed by atoms with Gasteiger partial charge in [0.25, 0.3) is 0 Å². The molecule has 96 valence electrons. The Hall–Kier alpha value is -1.65. The van der Waals surface area contributed by atoms with Crippen molar-refractivity contribution in [2.24, 2.45) is 0 Å². The lowest BCUT2D eigenvalue weighted by Gasteiger charge is -2.09. The molecule has 0 bridgehead atoms. The average molecular weight is 246 g/mol. The first-order valence-corrected chi connectivity index (χ1v) is 6.21. The molecule has 0 saturated heterocycles. The van der Waals surface area contributed by atoms with Gasteiger partial charge in [0.1, 0.15) is 12.5 Å². The van der Waals surface area contributed by atoms with E-state index in [0.717, 1.165) is 25.8 Å². The van der Waals surface area contributed by atoms with Crippen LogP contribution in [0.1, 0.15) is 30.2 Å². The first-order valence-electron chi connectivity index (χ1n) is 6.21. The topological polar surface area (TPSA) is 58.3 Å². The molecule has 4 heteroatoms. The van der Waals surface area contributed by atoms with Gasteiger partial charge in [-0.05, 0) is 31.4 Å². The van der Waals surface area contributed by atoms with Crippen molar-refractivity contribution in [2.45, 2.75) is 25.5 Å². The van der Waals surface area contributed by atoms with Crippen LogP contribution in [0, 0.1) is 0 Å². The third kappa shape index (κ3) is 3.98. The lowest BCUT2D eigenvalue weighted by Crippen LogP contribution is -2.21. The van der Waals surface area contributed by atoms with Crippen molar-refractivity contribution >= 4 is 0 Å². The standard InChI is InChI=1S/C14H18N2O2/c17-14(13-10-16-18-11-13)15-9-5-4-8-12-6-2-1-3-7-12/h1-3,6-7,10-11,14-15,17H,4-5,8-9H2. The maximum atomic E-state index is 9.71. The number of hydrogen-bond donors (Lipinski definition) is 2. The van der Waals surface area contributed by atoms with Gasteiger partial charge in [0.2, 0.25) is 0 Å². The second-order valence-corrected chi connectivity index (χ2v) is 4.26. The molecule has 1 aromatic carbocycles. The highest BCUT2D eigenvalue weighted by molar-refractivity contribution is 5.14. The summed E-state index contributed by atoms with van der Waals surface area (Å²) in [4.78, 5) is 0. The second kappa shape index (κ2) is 6.93. The Kier molecular flexibility index (Phi) is 4.93.